The van der Waals surface area contributed by atoms with E-state index in [0.29, 0.717) is 0 Å². The normalized spacial score (nSPS) is 11.4. The Labute approximate surface area is 143 Å². The van der Waals surface area contributed by atoms with E-state index >= 15 is 0 Å². The van der Waals surface area contributed by atoms with E-state index in [1.807, 2.05) is 36.1 Å². The summed E-state index contributed by atoms with van der Waals surface area (Å²) in [5.74, 6) is 1.76. The zero-order valence-corrected chi connectivity index (χ0v) is 14.7. The average molecular weight is 329 g/mol. The molecule has 0 aliphatic carbocycles. The van der Waals surface area contributed by atoms with Gasteiger partial charge in [-0.3, -0.25) is 9.67 Å². The summed E-state index contributed by atoms with van der Waals surface area (Å²) in [5, 5.41) is 10.9. The summed E-state index contributed by atoms with van der Waals surface area (Å²) in [4.78, 5) is 4.26. The molecule has 0 radical (unpaired) electrons. The van der Waals surface area contributed by atoms with E-state index < -0.39 is 0 Å². The van der Waals surface area contributed by atoms with E-state index in [4.69, 9.17) is 4.74 Å². The van der Waals surface area contributed by atoms with E-state index in [2.05, 4.69) is 33.0 Å². The number of hydrogen-bond acceptors (Lipinski definition) is 3. The number of guanidine groups is 1. The van der Waals surface area contributed by atoms with Gasteiger partial charge in [0.15, 0.2) is 5.96 Å². The molecule has 2 rings (SSSR count). The summed E-state index contributed by atoms with van der Waals surface area (Å²) >= 11 is 0. The van der Waals surface area contributed by atoms with Crippen LogP contribution in [0.15, 0.2) is 41.7 Å². The van der Waals surface area contributed by atoms with Crippen LogP contribution in [0, 0.1) is 0 Å². The second kappa shape index (κ2) is 9.60. The van der Waals surface area contributed by atoms with E-state index in [-0.39, 0.29) is 0 Å². The van der Waals surface area contributed by atoms with Gasteiger partial charge in [0, 0.05) is 33.4 Å². The molecule has 0 unspecified atom stereocenters. The minimum Gasteiger partial charge on any atom is -0.496 e. The molecule has 1 aromatic carbocycles. The van der Waals surface area contributed by atoms with Crippen LogP contribution < -0.4 is 15.4 Å². The maximum Gasteiger partial charge on any atom is 0.190 e. The highest BCUT2D eigenvalue weighted by molar-refractivity contribution is 5.79. The van der Waals surface area contributed by atoms with Crippen molar-refractivity contribution < 1.29 is 4.74 Å². The summed E-state index contributed by atoms with van der Waals surface area (Å²) in [5.41, 5.74) is 2.46. The third kappa shape index (κ3) is 5.61. The molecular formula is C18H27N5O. The Morgan fingerprint density at radius 2 is 2.00 bits per heavy atom. The standard InChI is InChI=1S/C18H27N5O/c1-19-18(20-11-6-7-15-13-22-23(2)14-15)21-12-10-16-8-4-5-9-17(16)24-3/h4-5,8-9,13-14H,6-7,10-12H2,1-3H3,(H2,19,20,21). The molecule has 2 N–H and O–H groups in total. The highest BCUT2D eigenvalue weighted by Gasteiger charge is 2.03. The van der Waals surface area contributed by atoms with E-state index in [1.165, 1.54) is 11.1 Å². The first-order chi connectivity index (χ1) is 11.7. The molecule has 130 valence electrons. The SMILES string of the molecule is CN=C(NCCCc1cnn(C)c1)NCCc1ccccc1OC. The van der Waals surface area contributed by atoms with E-state index in [0.717, 1.165) is 44.1 Å². The number of nitrogens with zero attached hydrogens (tertiary/aromatic N) is 3. The highest BCUT2D eigenvalue weighted by Crippen LogP contribution is 2.17. The van der Waals surface area contributed by atoms with Crippen molar-refractivity contribution >= 4 is 5.96 Å². The van der Waals surface area contributed by atoms with Gasteiger partial charge in [0.25, 0.3) is 0 Å². The first-order valence-corrected chi connectivity index (χ1v) is 8.27. The molecule has 0 bridgehead atoms. The molecule has 0 amide bonds. The summed E-state index contributed by atoms with van der Waals surface area (Å²) < 4.78 is 7.21. The number of aryl methyl sites for hydroxylation is 2. The van der Waals surface area contributed by atoms with Crippen LogP contribution >= 0.6 is 0 Å². The summed E-state index contributed by atoms with van der Waals surface area (Å²) in [6, 6.07) is 8.09. The molecule has 0 atom stereocenters. The Balaban J connectivity index is 1.67. The van der Waals surface area contributed by atoms with Gasteiger partial charge >= 0.3 is 0 Å². The zero-order chi connectivity index (χ0) is 17.2. The number of methoxy groups -OCH3 is 1. The number of ether oxygens (including phenoxy) is 1. The first kappa shape index (κ1) is 17.8. The predicted octanol–water partition coefficient (Wildman–Crippen LogP) is 1.77. The Kier molecular flexibility index (Phi) is 7.14. The number of aliphatic imine (C=N–C) groups is 1. The molecule has 1 heterocycles. The van der Waals surface area contributed by atoms with Gasteiger partial charge in [-0.1, -0.05) is 18.2 Å². The Morgan fingerprint density at radius 1 is 1.21 bits per heavy atom. The Morgan fingerprint density at radius 3 is 2.71 bits per heavy atom. The second-order valence-corrected chi connectivity index (χ2v) is 5.61. The first-order valence-electron chi connectivity index (χ1n) is 8.27. The number of benzene rings is 1. The van der Waals surface area contributed by atoms with Gasteiger partial charge in [0.2, 0.25) is 0 Å². The topological polar surface area (TPSA) is 63.5 Å². The quantitative estimate of drug-likeness (QED) is 0.440. The van der Waals surface area contributed by atoms with Crippen molar-refractivity contribution in [2.45, 2.75) is 19.3 Å². The van der Waals surface area contributed by atoms with Crippen LogP contribution in [0.4, 0.5) is 0 Å². The summed E-state index contributed by atoms with van der Waals surface area (Å²) in [7, 11) is 5.43. The molecule has 6 nitrogen and oxygen atoms in total. The molecule has 0 fully saturated rings. The lowest BCUT2D eigenvalue weighted by Crippen LogP contribution is -2.38. The molecular weight excluding hydrogens is 302 g/mol. The van der Waals surface area contributed by atoms with Crippen molar-refractivity contribution in [1.82, 2.24) is 20.4 Å². The monoisotopic (exact) mass is 329 g/mol. The van der Waals surface area contributed by atoms with Crippen molar-refractivity contribution in [3.63, 3.8) is 0 Å². The van der Waals surface area contributed by atoms with Crippen LogP contribution in [0.3, 0.4) is 0 Å². The average Bonchev–Trinajstić information content (AvgIpc) is 3.02. The third-order valence-electron chi connectivity index (χ3n) is 3.80. The van der Waals surface area contributed by atoms with Gasteiger partial charge < -0.3 is 15.4 Å². The van der Waals surface area contributed by atoms with Gasteiger partial charge in [-0.15, -0.1) is 0 Å². The van der Waals surface area contributed by atoms with Gasteiger partial charge in [-0.25, -0.2) is 0 Å². The molecule has 0 saturated carbocycles. The number of rotatable bonds is 8. The van der Waals surface area contributed by atoms with Gasteiger partial charge in [0.05, 0.1) is 13.3 Å². The molecule has 0 aliphatic heterocycles. The lowest BCUT2D eigenvalue weighted by molar-refractivity contribution is 0.409. The van der Waals surface area contributed by atoms with Crippen molar-refractivity contribution in [2.24, 2.45) is 12.0 Å². The molecule has 1 aromatic heterocycles. The largest absolute Gasteiger partial charge is 0.496 e. The number of hydrogen-bond donors (Lipinski definition) is 2. The minimum atomic E-state index is 0.808. The van der Waals surface area contributed by atoms with Crippen LogP contribution in [0.1, 0.15) is 17.5 Å². The van der Waals surface area contributed by atoms with Crippen molar-refractivity contribution in [3.05, 3.63) is 47.8 Å². The van der Waals surface area contributed by atoms with Gasteiger partial charge in [-0.2, -0.15) is 5.10 Å². The van der Waals surface area contributed by atoms with Crippen LogP contribution in [0.5, 0.6) is 5.75 Å². The molecule has 2 aromatic rings. The number of nitrogens with one attached hydrogen (secondary N) is 2. The number of para-hydroxylation sites is 1. The molecule has 24 heavy (non-hydrogen) atoms. The molecule has 0 saturated heterocycles. The Hall–Kier alpha value is -2.50. The van der Waals surface area contributed by atoms with Crippen LogP contribution in [0.2, 0.25) is 0 Å². The summed E-state index contributed by atoms with van der Waals surface area (Å²) in [6.07, 6.45) is 6.92. The van der Waals surface area contributed by atoms with Crippen molar-refractivity contribution in [2.75, 3.05) is 27.2 Å². The number of aromatic nitrogens is 2. The maximum atomic E-state index is 5.37. The van der Waals surface area contributed by atoms with Crippen LogP contribution in [0.25, 0.3) is 0 Å². The van der Waals surface area contributed by atoms with Gasteiger partial charge in [0.1, 0.15) is 5.75 Å². The summed E-state index contributed by atoms with van der Waals surface area (Å²) in [6.45, 7) is 1.69. The fourth-order valence-corrected chi connectivity index (χ4v) is 2.55. The lowest BCUT2D eigenvalue weighted by Gasteiger charge is -2.13. The fraction of sp³-hybridized carbons (Fsp3) is 0.444. The van der Waals surface area contributed by atoms with Gasteiger partial charge in [-0.05, 0) is 36.5 Å². The van der Waals surface area contributed by atoms with E-state index in [9.17, 15) is 0 Å². The van der Waals surface area contributed by atoms with Crippen molar-refractivity contribution in [1.29, 1.82) is 0 Å². The molecule has 0 aliphatic rings. The minimum absolute atomic E-state index is 0.808. The maximum absolute atomic E-state index is 5.37. The Bertz CT molecular complexity index is 650. The smallest absolute Gasteiger partial charge is 0.190 e. The second-order valence-electron chi connectivity index (χ2n) is 5.61. The molecule has 0 spiro atoms. The fourth-order valence-electron chi connectivity index (χ4n) is 2.55. The van der Waals surface area contributed by atoms with Crippen LogP contribution in [-0.2, 0) is 19.9 Å². The molecule has 6 heteroatoms. The lowest BCUT2D eigenvalue weighted by atomic mass is 10.1. The van der Waals surface area contributed by atoms with Crippen LogP contribution in [-0.4, -0.2) is 43.0 Å². The predicted molar refractivity (Wildman–Crippen MR) is 97.6 cm³/mol. The third-order valence-corrected chi connectivity index (χ3v) is 3.80. The van der Waals surface area contributed by atoms with Crippen molar-refractivity contribution in [3.8, 4) is 5.75 Å². The zero-order valence-electron chi connectivity index (χ0n) is 14.7. The highest BCUT2D eigenvalue weighted by atomic mass is 16.5. The van der Waals surface area contributed by atoms with E-state index in [1.54, 1.807) is 14.2 Å².